The zero-order valence-electron chi connectivity index (χ0n) is 11.5. The fourth-order valence-corrected chi connectivity index (χ4v) is 1.78. The molecule has 1 aromatic carbocycles. The summed E-state index contributed by atoms with van der Waals surface area (Å²) in [5.41, 5.74) is 1.84. The molecule has 0 aliphatic carbocycles. The lowest BCUT2D eigenvalue weighted by Crippen LogP contribution is -2.27. The largest absolute Gasteiger partial charge is 0.462 e. The highest BCUT2D eigenvalue weighted by Crippen LogP contribution is 2.13. The summed E-state index contributed by atoms with van der Waals surface area (Å²) in [6.45, 7) is 3.73. The summed E-state index contributed by atoms with van der Waals surface area (Å²) in [4.78, 5) is 23.6. The smallest absolute Gasteiger partial charge is 0.343 e. The van der Waals surface area contributed by atoms with Gasteiger partial charge in [-0.1, -0.05) is 30.3 Å². The molecule has 0 atom stereocenters. The van der Waals surface area contributed by atoms with Crippen LogP contribution < -0.4 is 5.32 Å². The monoisotopic (exact) mass is 261 g/mol. The van der Waals surface area contributed by atoms with E-state index in [2.05, 4.69) is 5.32 Å². The Morgan fingerprint density at radius 1 is 1.21 bits per heavy atom. The zero-order chi connectivity index (χ0) is 14.3. The molecule has 0 spiro atoms. The lowest BCUT2D eigenvalue weighted by Gasteiger charge is -2.10. The summed E-state index contributed by atoms with van der Waals surface area (Å²) >= 11 is 0. The number of carbonyl (C=O) groups excluding carboxylic acids is 2. The Hall–Kier alpha value is -2.10. The molecule has 0 aliphatic heterocycles. The van der Waals surface area contributed by atoms with Gasteiger partial charge in [0.15, 0.2) is 0 Å². The number of rotatable bonds is 5. The third-order valence-corrected chi connectivity index (χ3v) is 2.67. The highest BCUT2D eigenvalue weighted by Gasteiger charge is 2.21. The van der Waals surface area contributed by atoms with Crippen LogP contribution in [0, 0.1) is 0 Å². The molecule has 0 heterocycles. The van der Waals surface area contributed by atoms with Gasteiger partial charge < -0.3 is 10.1 Å². The summed E-state index contributed by atoms with van der Waals surface area (Å²) in [5, 5.41) is 2.47. The number of esters is 1. The van der Waals surface area contributed by atoms with Crippen molar-refractivity contribution in [1.29, 1.82) is 0 Å². The zero-order valence-corrected chi connectivity index (χ0v) is 11.5. The van der Waals surface area contributed by atoms with E-state index in [0.29, 0.717) is 12.0 Å². The maximum Gasteiger partial charge on any atom is 0.343 e. The average Bonchev–Trinajstić information content (AvgIpc) is 2.40. The Labute approximate surface area is 113 Å². The molecule has 1 N–H and O–H groups in total. The Morgan fingerprint density at radius 3 is 2.37 bits per heavy atom. The molecule has 0 saturated carbocycles. The minimum Gasteiger partial charge on any atom is -0.462 e. The second-order valence-corrected chi connectivity index (χ2v) is 4.12. The van der Waals surface area contributed by atoms with Gasteiger partial charge in [0.1, 0.15) is 5.57 Å². The molecule has 102 valence electrons. The Kier molecular flexibility index (Phi) is 5.79. The molecule has 19 heavy (non-hydrogen) atoms. The van der Waals surface area contributed by atoms with Crippen LogP contribution in [0.2, 0.25) is 0 Å². The van der Waals surface area contributed by atoms with Crippen LogP contribution in [0.1, 0.15) is 19.4 Å². The molecule has 1 aromatic rings. The predicted octanol–water partition coefficient (Wildman–Crippen LogP) is 1.85. The minimum atomic E-state index is -0.574. The molecule has 1 amide bonds. The molecule has 4 nitrogen and oxygen atoms in total. The van der Waals surface area contributed by atoms with Crippen molar-refractivity contribution < 1.29 is 14.3 Å². The summed E-state index contributed by atoms with van der Waals surface area (Å²) in [5.74, 6) is -0.984. The maximum absolute atomic E-state index is 11.8. The third-order valence-electron chi connectivity index (χ3n) is 2.67. The fourth-order valence-electron chi connectivity index (χ4n) is 1.78. The van der Waals surface area contributed by atoms with Gasteiger partial charge in [0.2, 0.25) is 0 Å². The van der Waals surface area contributed by atoms with E-state index in [9.17, 15) is 9.59 Å². The highest BCUT2D eigenvalue weighted by molar-refractivity contribution is 6.16. The number of amides is 1. The maximum atomic E-state index is 11.8. The molecule has 0 aromatic heterocycles. The van der Waals surface area contributed by atoms with E-state index >= 15 is 0 Å². The van der Waals surface area contributed by atoms with Crippen molar-refractivity contribution in [2.75, 3.05) is 13.7 Å². The average molecular weight is 261 g/mol. The number of hydrogen-bond acceptors (Lipinski definition) is 3. The van der Waals surface area contributed by atoms with Gasteiger partial charge in [0, 0.05) is 7.05 Å². The number of likely N-dealkylation sites (N-methyl/N-ethyl adjacent to an activating group) is 1. The number of benzene rings is 1. The van der Waals surface area contributed by atoms with Crippen molar-refractivity contribution in [3.05, 3.63) is 47.0 Å². The Bertz CT molecular complexity index is 477. The van der Waals surface area contributed by atoms with Crippen LogP contribution in [-0.4, -0.2) is 25.5 Å². The molecule has 0 radical (unpaired) electrons. The molecule has 0 saturated heterocycles. The van der Waals surface area contributed by atoms with Crippen molar-refractivity contribution in [3.63, 3.8) is 0 Å². The van der Waals surface area contributed by atoms with Crippen molar-refractivity contribution >= 4 is 11.9 Å². The van der Waals surface area contributed by atoms with Gasteiger partial charge in [-0.05, 0) is 31.4 Å². The van der Waals surface area contributed by atoms with Crippen LogP contribution in [-0.2, 0) is 20.7 Å². The molecule has 1 rings (SSSR count). The molecule has 0 fully saturated rings. The second-order valence-electron chi connectivity index (χ2n) is 4.12. The van der Waals surface area contributed by atoms with Crippen molar-refractivity contribution in [2.24, 2.45) is 0 Å². The van der Waals surface area contributed by atoms with Gasteiger partial charge in [0.05, 0.1) is 6.61 Å². The quantitative estimate of drug-likeness (QED) is 0.381. The highest BCUT2D eigenvalue weighted by atomic mass is 16.5. The van der Waals surface area contributed by atoms with Crippen LogP contribution in [0.5, 0.6) is 0 Å². The normalized spacial score (nSPS) is 11.5. The van der Waals surface area contributed by atoms with Gasteiger partial charge in [-0.3, -0.25) is 4.79 Å². The molecule has 0 aliphatic rings. The molecule has 0 bridgehead atoms. The van der Waals surface area contributed by atoms with E-state index in [4.69, 9.17) is 4.74 Å². The number of hydrogen-bond donors (Lipinski definition) is 1. The van der Waals surface area contributed by atoms with Crippen LogP contribution in [0.15, 0.2) is 41.5 Å². The first-order chi connectivity index (χ1) is 9.10. The summed E-state index contributed by atoms with van der Waals surface area (Å²) in [6, 6.07) is 9.68. The number of allylic oxidation sites excluding steroid dienone is 1. The SMILES string of the molecule is CCOC(=O)/C(C(=O)NC)=C(/C)Cc1ccccc1. The van der Waals surface area contributed by atoms with Crippen molar-refractivity contribution in [2.45, 2.75) is 20.3 Å². The van der Waals surface area contributed by atoms with Gasteiger partial charge in [-0.25, -0.2) is 4.79 Å². The third kappa shape index (κ3) is 4.25. The molecular weight excluding hydrogens is 242 g/mol. The van der Waals surface area contributed by atoms with Gasteiger partial charge in [0.25, 0.3) is 5.91 Å². The first kappa shape index (κ1) is 15.0. The molecule has 0 unspecified atom stereocenters. The van der Waals surface area contributed by atoms with Gasteiger partial charge in [-0.2, -0.15) is 0 Å². The van der Waals surface area contributed by atoms with Crippen molar-refractivity contribution in [3.8, 4) is 0 Å². The van der Waals surface area contributed by atoms with E-state index < -0.39 is 11.9 Å². The van der Waals surface area contributed by atoms with E-state index in [-0.39, 0.29) is 12.2 Å². The van der Waals surface area contributed by atoms with Crippen LogP contribution in [0.3, 0.4) is 0 Å². The van der Waals surface area contributed by atoms with Gasteiger partial charge in [-0.15, -0.1) is 0 Å². The van der Waals surface area contributed by atoms with E-state index in [1.165, 1.54) is 7.05 Å². The van der Waals surface area contributed by atoms with Crippen LogP contribution in [0.4, 0.5) is 0 Å². The minimum absolute atomic E-state index is 0.0909. The lowest BCUT2D eigenvalue weighted by atomic mass is 10.0. The lowest BCUT2D eigenvalue weighted by molar-refractivity contribution is -0.140. The summed E-state index contributed by atoms with van der Waals surface area (Å²) < 4.78 is 4.93. The molecule has 4 heteroatoms. The van der Waals surface area contributed by atoms with Crippen LogP contribution >= 0.6 is 0 Å². The first-order valence-electron chi connectivity index (χ1n) is 6.23. The van der Waals surface area contributed by atoms with Crippen molar-refractivity contribution in [1.82, 2.24) is 5.32 Å². The van der Waals surface area contributed by atoms with E-state index in [1.807, 2.05) is 30.3 Å². The van der Waals surface area contributed by atoms with E-state index in [0.717, 1.165) is 5.56 Å². The Morgan fingerprint density at radius 2 is 1.84 bits per heavy atom. The topological polar surface area (TPSA) is 55.4 Å². The standard InChI is InChI=1S/C15H19NO3/c1-4-19-15(18)13(14(17)16-3)11(2)10-12-8-6-5-7-9-12/h5-9H,4,10H2,1-3H3,(H,16,17)/b13-11-. The molecular formula is C15H19NO3. The predicted molar refractivity (Wildman–Crippen MR) is 73.5 cm³/mol. The van der Waals surface area contributed by atoms with Crippen LogP contribution in [0.25, 0.3) is 0 Å². The summed E-state index contributed by atoms with van der Waals surface area (Å²) in [7, 11) is 1.50. The Balaban J connectivity index is 3.02. The summed E-state index contributed by atoms with van der Waals surface area (Å²) in [6.07, 6.45) is 0.544. The number of carbonyl (C=O) groups is 2. The number of nitrogens with one attached hydrogen (secondary N) is 1. The fraction of sp³-hybridized carbons (Fsp3) is 0.333. The first-order valence-corrected chi connectivity index (χ1v) is 6.23. The second kappa shape index (κ2) is 7.36. The van der Waals surface area contributed by atoms with E-state index in [1.54, 1.807) is 13.8 Å². The van der Waals surface area contributed by atoms with Gasteiger partial charge >= 0.3 is 5.97 Å². The number of ether oxygens (including phenoxy) is 1.